The van der Waals surface area contributed by atoms with Gasteiger partial charge in [0.15, 0.2) is 0 Å². The summed E-state index contributed by atoms with van der Waals surface area (Å²) >= 11 is 3.40. The number of carbonyl (C=O) groups excluding carboxylic acids is 1. The molecule has 0 bridgehead atoms. The maximum Gasteiger partial charge on any atom is 0.134 e. The molecular formula is C11H13BrO2. The molecule has 0 atom stereocenters. The molecule has 1 N–H and O–H groups in total. The van der Waals surface area contributed by atoms with Crippen LogP contribution in [0.3, 0.4) is 0 Å². The second-order valence-electron chi connectivity index (χ2n) is 3.51. The van der Waals surface area contributed by atoms with Gasteiger partial charge in [0.1, 0.15) is 11.5 Å². The summed E-state index contributed by atoms with van der Waals surface area (Å²) in [6.45, 7) is 5.24. The number of phenolic OH excluding ortho intramolecular Hbond substituents is 1. The van der Waals surface area contributed by atoms with E-state index in [1.807, 2.05) is 19.9 Å². The fourth-order valence-corrected chi connectivity index (χ4v) is 1.97. The van der Waals surface area contributed by atoms with Crippen LogP contribution in [-0.2, 0) is 11.2 Å². The summed E-state index contributed by atoms with van der Waals surface area (Å²) in [5, 5.41) is 9.78. The molecule has 0 aliphatic rings. The van der Waals surface area contributed by atoms with Gasteiger partial charge in [-0.2, -0.15) is 0 Å². The Kier molecular flexibility index (Phi) is 3.32. The van der Waals surface area contributed by atoms with Crippen molar-refractivity contribution in [3.63, 3.8) is 0 Å². The number of ketones is 1. The second-order valence-corrected chi connectivity index (χ2v) is 4.36. The fraction of sp³-hybridized carbons (Fsp3) is 0.364. The SMILES string of the molecule is CC(=O)Cc1c(C)c(Br)cc(C)c1O. The van der Waals surface area contributed by atoms with E-state index in [0.29, 0.717) is 0 Å². The third-order valence-corrected chi connectivity index (χ3v) is 3.06. The van der Waals surface area contributed by atoms with Crippen molar-refractivity contribution in [1.29, 1.82) is 0 Å². The smallest absolute Gasteiger partial charge is 0.134 e. The molecular weight excluding hydrogens is 244 g/mol. The Labute approximate surface area is 92.1 Å². The molecule has 0 amide bonds. The number of carbonyl (C=O) groups is 1. The summed E-state index contributed by atoms with van der Waals surface area (Å²) in [7, 11) is 0. The van der Waals surface area contributed by atoms with Crippen LogP contribution in [0.15, 0.2) is 10.5 Å². The Morgan fingerprint density at radius 1 is 1.50 bits per heavy atom. The molecule has 0 saturated heterocycles. The first kappa shape index (κ1) is 11.2. The molecule has 1 aromatic carbocycles. The van der Waals surface area contributed by atoms with Crippen molar-refractivity contribution in [2.45, 2.75) is 27.2 Å². The minimum Gasteiger partial charge on any atom is -0.507 e. The molecule has 0 unspecified atom stereocenters. The van der Waals surface area contributed by atoms with E-state index < -0.39 is 0 Å². The van der Waals surface area contributed by atoms with Crippen LogP contribution < -0.4 is 0 Å². The first-order valence-corrected chi connectivity index (χ1v) is 5.19. The molecule has 0 aromatic heterocycles. The standard InChI is InChI=1S/C11H13BrO2/c1-6-4-10(12)8(3)9(11(6)14)5-7(2)13/h4,14H,5H2,1-3H3. The van der Waals surface area contributed by atoms with E-state index in [-0.39, 0.29) is 18.0 Å². The van der Waals surface area contributed by atoms with Crippen LogP contribution in [-0.4, -0.2) is 10.9 Å². The lowest BCUT2D eigenvalue weighted by Gasteiger charge is -2.11. The second kappa shape index (κ2) is 4.13. The molecule has 1 aromatic rings. The Morgan fingerprint density at radius 2 is 2.07 bits per heavy atom. The third-order valence-electron chi connectivity index (χ3n) is 2.24. The van der Waals surface area contributed by atoms with Crippen molar-refractivity contribution >= 4 is 21.7 Å². The Hall–Kier alpha value is -0.830. The summed E-state index contributed by atoms with van der Waals surface area (Å²) < 4.78 is 0.934. The molecule has 0 heterocycles. The zero-order valence-electron chi connectivity index (χ0n) is 8.52. The minimum atomic E-state index is 0.0564. The predicted octanol–water partition coefficient (Wildman–Crippen LogP) is 2.90. The number of hydrogen-bond acceptors (Lipinski definition) is 2. The number of benzene rings is 1. The van der Waals surface area contributed by atoms with Gasteiger partial charge in [-0.15, -0.1) is 0 Å². The number of rotatable bonds is 2. The molecule has 0 saturated carbocycles. The molecule has 1 rings (SSSR count). The molecule has 0 aliphatic heterocycles. The zero-order chi connectivity index (χ0) is 10.9. The lowest BCUT2D eigenvalue weighted by molar-refractivity contribution is -0.116. The number of hydrogen-bond donors (Lipinski definition) is 1. The van der Waals surface area contributed by atoms with Gasteiger partial charge in [-0.05, 0) is 38.0 Å². The maximum absolute atomic E-state index is 11.0. The molecule has 0 radical (unpaired) electrons. The summed E-state index contributed by atoms with van der Waals surface area (Å²) in [4.78, 5) is 11.0. The lowest BCUT2D eigenvalue weighted by Crippen LogP contribution is -2.01. The van der Waals surface area contributed by atoms with Crippen molar-refractivity contribution in [3.05, 3.63) is 27.2 Å². The summed E-state index contributed by atoms with van der Waals surface area (Å²) in [5.74, 6) is 0.293. The molecule has 3 heteroatoms. The van der Waals surface area contributed by atoms with E-state index in [1.165, 1.54) is 6.92 Å². The van der Waals surface area contributed by atoms with Crippen molar-refractivity contribution in [3.8, 4) is 5.75 Å². The normalized spacial score (nSPS) is 10.3. The van der Waals surface area contributed by atoms with Crippen LogP contribution in [0.5, 0.6) is 5.75 Å². The van der Waals surface area contributed by atoms with Gasteiger partial charge in [0.25, 0.3) is 0 Å². The van der Waals surface area contributed by atoms with Crippen LogP contribution in [0, 0.1) is 13.8 Å². The number of aromatic hydroxyl groups is 1. The first-order valence-electron chi connectivity index (χ1n) is 4.40. The van der Waals surface area contributed by atoms with E-state index in [1.54, 1.807) is 0 Å². The van der Waals surface area contributed by atoms with Crippen molar-refractivity contribution < 1.29 is 9.90 Å². The third kappa shape index (κ3) is 2.15. The highest BCUT2D eigenvalue weighted by Crippen LogP contribution is 2.31. The van der Waals surface area contributed by atoms with Crippen LogP contribution in [0.2, 0.25) is 0 Å². The highest BCUT2D eigenvalue weighted by Gasteiger charge is 2.12. The van der Waals surface area contributed by atoms with E-state index in [4.69, 9.17) is 0 Å². The Balaban J connectivity index is 3.31. The largest absolute Gasteiger partial charge is 0.507 e. The highest BCUT2D eigenvalue weighted by atomic mass is 79.9. The molecule has 0 spiro atoms. The molecule has 0 fully saturated rings. The summed E-state index contributed by atoms with van der Waals surface area (Å²) in [6, 6.07) is 1.86. The van der Waals surface area contributed by atoms with Gasteiger partial charge >= 0.3 is 0 Å². The lowest BCUT2D eigenvalue weighted by atomic mass is 9.99. The summed E-state index contributed by atoms with van der Waals surface area (Å²) in [5.41, 5.74) is 2.45. The van der Waals surface area contributed by atoms with Gasteiger partial charge in [-0.25, -0.2) is 0 Å². The molecule has 0 aliphatic carbocycles. The topological polar surface area (TPSA) is 37.3 Å². The molecule has 14 heavy (non-hydrogen) atoms. The van der Waals surface area contributed by atoms with Gasteiger partial charge < -0.3 is 5.11 Å². The number of Topliss-reactive ketones (excluding diaryl/α,β-unsaturated/α-hetero) is 1. The van der Waals surface area contributed by atoms with Gasteiger partial charge in [0.05, 0.1) is 0 Å². The first-order chi connectivity index (χ1) is 6.43. The van der Waals surface area contributed by atoms with E-state index in [2.05, 4.69) is 15.9 Å². The summed E-state index contributed by atoms with van der Waals surface area (Å²) in [6.07, 6.45) is 0.290. The van der Waals surface area contributed by atoms with Crippen molar-refractivity contribution in [2.75, 3.05) is 0 Å². The van der Waals surface area contributed by atoms with Crippen LogP contribution >= 0.6 is 15.9 Å². The minimum absolute atomic E-state index is 0.0564. The van der Waals surface area contributed by atoms with Gasteiger partial charge in [0.2, 0.25) is 0 Å². The number of phenols is 1. The van der Waals surface area contributed by atoms with Crippen LogP contribution in [0.25, 0.3) is 0 Å². The molecule has 76 valence electrons. The number of aryl methyl sites for hydroxylation is 1. The van der Waals surface area contributed by atoms with Gasteiger partial charge in [-0.3, -0.25) is 4.79 Å². The zero-order valence-corrected chi connectivity index (χ0v) is 10.1. The molecule has 2 nitrogen and oxygen atoms in total. The maximum atomic E-state index is 11.0. The van der Waals surface area contributed by atoms with E-state index >= 15 is 0 Å². The fourth-order valence-electron chi connectivity index (χ4n) is 1.39. The van der Waals surface area contributed by atoms with Crippen LogP contribution in [0.1, 0.15) is 23.6 Å². The van der Waals surface area contributed by atoms with Crippen molar-refractivity contribution in [1.82, 2.24) is 0 Å². The quantitative estimate of drug-likeness (QED) is 0.884. The Bertz CT molecular complexity index is 357. The van der Waals surface area contributed by atoms with Crippen molar-refractivity contribution in [2.24, 2.45) is 0 Å². The Morgan fingerprint density at radius 3 is 2.57 bits per heavy atom. The predicted molar refractivity (Wildman–Crippen MR) is 59.7 cm³/mol. The van der Waals surface area contributed by atoms with E-state index in [9.17, 15) is 9.90 Å². The monoisotopic (exact) mass is 256 g/mol. The number of halogens is 1. The van der Waals surface area contributed by atoms with Crippen LogP contribution in [0.4, 0.5) is 0 Å². The average molecular weight is 257 g/mol. The van der Waals surface area contributed by atoms with Gasteiger partial charge in [0, 0.05) is 16.5 Å². The highest BCUT2D eigenvalue weighted by molar-refractivity contribution is 9.10. The van der Waals surface area contributed by atoms with Gasteiger partial charge in [-0.1, -0.05) is 15.9 Å². The van der Waals surface area contributed by atoms with E-state index in [0.717, 1.165) is 21.2 Å². The average Bonchev–Trinajstić information content (AvgIpc) is 2.09.